The van der Waals surface area contributed by atoms with Gasteiger partial charge < -0.3 is 19.3 Å². The van der Waals surface area contributed by atoms with Crippen molar-refractivity contribution in [3.63, 3.8) is 0 Å². The predicted molar refractivity (Wildman–Crippen MR) is 75.2 cm³/mol. The molecule has 1 atom stereocenters. The third-order valence-corrected chi connectivity index (χ3v) is 3.09. The molecule has 0 radical (unpaired) electrons. The van der Waals surface area contributed by atoms with Gasteiger partial charge in [0.15, 0.2) is 17.6 Å². The van der Waals surface area contributed by atoms with Gasteiger partial charge in [0.05, 0.1) is 5.56 Å². The zero-order valence-electron chi connectivity index (χ0n) is 11.2. The van der Waals surface area contributed by atoms with Crippen LogP contribution < -0.4 is 14.2 Å². The van der Waals surface area contributed by atoms with E-state index in [1.807, 2.05) is 30.3 Å². The highest BCUT2D eigenvalue weighted by Crippen LogP contribution is 2.32. The monoisotopic (exact) mass is 286 g/mol. The second kappa shape index (κ2) is 5.75. The highest BCUT2D eigenvalue weighted by atomic mass is 16.6. The minimum absolute atomic E-state index is 0.168. The van der Waals surface area contributed by atoms with Crippen molar-refractivity contribution in [2.24, 2.45) is 0 Å². The molecule has 0 spiro atoms. The third-order valence-electron chi connectivity index (χ3n) is 3.09. The van der Waals surface area contributed by atoms with Gasteiger partial charge in [-0.3, -0.25) is 0 Å². The van der Waals surface area contributed by atoms with Crippen LogP contribution in [0.25, 0.3) is 0 Å². The molecule has 0 aliphatic carbocycles. The Labute approximate surface area is 121 Å². The molecular weight excluding hydrogens is 272 g/mol. The standard InChI is InChI=1S/C16H14O5/c17-16(18)11-6-7-14-15(8-11)21-13(10-20-14)9-19-12-4-2-1-3-5-12/h1-8,13H,9-10H2,(H,17,18)/t13-/m1/s1. The van der Waals surface area contributed by atoms with Gasteiger partial charge in [0, 0.05) is 0 Å². The lowest BCUT2D eigenvalue weighted by Gasteiger charge is -2.26. The number of carboxylic acid groups (broad SMARTS) is 1. The molecule has 108 valence electrons. The van der Waals surface area contributed by atoms with E-state index in [-0.39, 0.29) is 11.7 Å². The summed E-state index contributed by atoms with van der Waals surface area (Å²) in [4.78, 5) is 11.0. The molecule has 0 unspecified atom stereocenters. The van der Waals surface area contributed by atoms with Crippen molar-refractivity contribution >= 4 is 5.97 Å². The largest absolute Gasteiger partial charge is 0.490 e. The molecule has 21 heavy (non-hydrogen) atoms. The molecule has 0 amide bonds. The molecule has 1 aliphatic heterocycles. The summed E-state index contributed by atoms with van der Waals surface area (Å²) in [5.41, 5.74) is 0.168. The van der Waals surface area contributed by atoms with E-state index in [1.54, 1.807) is 6.07 Å². The van der Waals surface area contributed by atoms with E-state index in [0.29, 0.717) is 24.7 Å². The number of para-hydroxylation sites is 1. The molecule has 2 aromatic rings. The van der Waals surface area contributed by atoms with E-state index in [9.17, 15) is 4.79 Å². The van der Waals surface area contributed by atoms with Crippen LogP contribution in [0.1, 0.15) is 10.4 Å². The lowest BCUT2D eigenvalue weighted by atomic mass is 10.2. The summed E-state index contributed by atoms with van der Waals surface area (Å²) in [5.74, 6) is 0.744. The first kappa shape index (κ1) is 13.3. The molecule has 0 saturated heterocycles. The molecule has 0 bridgehead atoms. The van der Waals surface area contributed by atoms with Gasteiger partial charge in [0.25, 0.3) is 0 Å². The molecule has 3 rings (SSSR count). The number of hydrogen-bond donors (Lipinski definition) is 1. The Morgan fingerprint density at radius 2 is 2.00 bits per heavy atom. The van der Waals surface area contributed by atoms with Crippen LogP contribution in [0.4, 0.5) is 0 Å². The number of carbonyl (C=O) groups is 1. The fraction of sp³-hybridized carbons (Fsp3) is 0.188. The third kappa shape index (κ3) is 3.08. The maximum atomic E-state index is 11.0. The van der Waals surface area contributed by atoms with Crippen LogP contribution in [0, 0.1) is 0 Å². The Hall–Kier alpha value is -2.69. The van der Waals surface area contributed by atoms with Gasteiger partial charge in [0.1, 0.15) is 19.0 Å². The topological polar surface area (TPSA) is 65.0 Å². The minimum atomic E-state index is -0.996. The lowest BCUT2D eigenvalue weighted by molar-refractivity contribution is 0.0530. The normalized spacial score (nSPS) is 16.3. The van der Waals surface area contributed by atoms with Gasteiger partial charge >= 0.3 is 5.97 Å². The summed E-state index contributed by atoms with van der Waals surface area (Å²) in [7, 11) is 0. The van der Waals surface area contributed by atoms with Crippen molar-refractivity contribution in [2.75, 3.05) is 13.2 Å². The Bertz CT molecular complexity index is 638. The second-order valence-electron chi connectivity index (χ2n) is 4.64. The number of hydrogen-bond acceptors (Lipinski definition) is 4. The van der Waals surface area contributed by atoms with Gasteiger partial charge in [-0.2, -0.15) is 0 Å². The van der Waals surface area contributed by atoms with Crippen LogP contribution in [0.15, 0.2) is 48.5 Å². The molecule has 0 saturated carbocycles. The van der Waals surface area contributed by atoms with Crippen molar-refractivity contribution in [2.45, 2.75) is 6.10 Å². The Balaban J connectivity index is 1.66. The van der Waals surface area contributed by atoms with Crippen LogP contribution >= 0.6 is 0 Å². The molecule has 0 fully saturated rings. The lowest BCUT2D eigenvalue weighted by Crippen LogP contribution is -2.34. The van der Waals surface area contributed by atoms with Crippen molar-refractivity contribution < 1.29 is 24.1 Å². The number of rotatable bonds is 4. The summed E-state index contributed by atoms with van der Waals surface area (Å²) in [5, 5.41) is 8.98. The molecule has 0 aromatic heterocycles. The fourth-order valence-corrected chi connectivity index (χ4v) is 2.04. The maximum Gasteiger partial charge on any atom is 0.335 e. The van der Waals surface area contributed by atoms with Crippen LogP contribution in [0.5, 0.6) is 17.2 Å². The van der Waals surface area contributed by atoms with Gasteiger partial charge in [-0.05, 0) is 30.3 Å². The Kier molecular flexibility index (Phi) is 3.64. The van der Waals surface area contributed by atoms with Gasteiger partial charge in [-0.1, -0.05) is 18.2 Å². The first-order valence-electron chi connectivity index (χ1n) is 6.57. The number of ether oxygens (including phenoxy) is 3. The zero-order chi connectivity index (χ0) is 14.7. The molecule has 1 heterocycles. The summed E-state index contributed by atoms with van der Waals surface area (Å²) in [6.07, 6.45) is -0.276. The van der Waals surface area contributed by atoms with E-state index in [1.165, 1.54) is 12.1 Å². The zero-order valence-corrected chi connectivity index (χ0v) is 11.2. The van der Waals surface area contributed by atoms with Gasteiger partial charge in [0.2, 0.25) is 0 Å². The maximum absolute atomic E-state index is 11.0. The Morgan fingerprint density at radius 1 is 1.19 bits per heavy atom. The average molecular weight is 286 g/mol. The minimum Gasteiger partial charge on any atom is -0.490 e. The first-order chi connectivity index (χ1) is 10.2. The summed E-state index contributed by atoms with van der Waals surface area (Å²) < 4.78 is 16.9. The summed E-state index contributed by atoms with van der Waals surface area (Å²) >= 11 is 0. The predicted octanol–water partition coefficient (Wildman–Crippen LogP) is 2.60. The molecule has 1 aliphatic rings. The molecule has 5 nitrogen and oxygen atoms in total. The number of benzene rings is 2. The van der Waals surface area contributed by atoms with Crippen molar-refractivity contribution in [1.82, 2.24) is 0 Å². The van der Waals surface area contributed by atoms with E-state index in [4.69, 9.17) is 19.3 Å². The molecule has 2 aromatic carbocycles. The van der Waals surface area contributed by atoms with Crippen LogP contribution in [-0.4, -0.2) is 30.4 Å². The highest BCUT2D eigenvalue weighted by molar-refractivity contribution is 5.88. The smallest absolute Gasteiger partial charge is 0.335 e. The van der Waals surface area contributed by atoms with Gasteiger partial charge in [-0.15, -0.1) is 0 Å². The van der Waals surface area contributed by atoms with E-state index in [2.05, 4.69) is 0 Å². The van der Waals surface area contributed by atoms with Crippen molar-refractivity contribution in [3.05, 3.63) is 54.1 Å². The fourth-order valence-electron chi connectivity index (χ4n) is 2.04. The quantitative estimate of drug-likeness (QED) is 0.936. The summed E-state index contributed by atoms with van der Waals surface area (Å²) in [6.45, 7) is 0.701. The summed E-state index contributed by atoms with van der Waals surface area (Å²) in [6, 6.07) is 14.0. The SMILES string of the molecule is O=C(O)c1ccc2c(c1)O[C@H](COc1ccccc1)CO2. The Morgan fingerprint density at radius 3 is 2.76 bits per heavy atom. The van der Waals surface area contributed by atoms with Crippen molar-refractivity contribution in [3.8, 4) is 17.2 Å². The number of carboxylic acids is 1. The van der Waals surface area contributed by atoms with Crippen LogP contribution in [0.3, 0.4) is 0 Å². The van der Waals surface area contributed by atoms with E-state index in [0.717, 1.165) is 5.75 Å². The first-order valence-corrected chi connectivity index (χ1v) is 6.57. The molecule has 5 heteroatoms. The molecule has 1 N–H and O–H groups in total. The van der Waals surface area contributed by atoms with E-state index >= 15 is 0 Å². The number of aromatic carboxylic acids is 1. The van der Waals surface area contributed by atoms with Crippen molar-refractivity contribution in [1.29, 1.82) is 0 Å². The molecular formula is C16H14O5. The second-order valence-corrected chi connectivity index (χ2v) is 4.64. The average Bonchev–Trinajstić information content (AvgIpc) is 2.53. The van der Waals surface area contributed by atoms with Crippen LogP contribution in [-0.2, 0) is 0 Å². The number of fused-ring (bicyclic) bond motifs is 1. The van der Waals surface area contributed by atoms with Gasteiger partial charge in [-0.25, -0.2) is 4.79 Å². The van der Waals surface area contributed by atoms with E-state index < -0.39 is 5.97 Å². The van der Waals surface area contributed by atoms with Crippen LogP contribution in [0.2, 0.25) is 0 Å². The highest BCUT2D eigenvalue weighted by Gasteiger charge is 2.22.